The maximum atomic E-state index is 6.18. The highest BCUT2D eigenvalue weighted by Crippen LogP contribution is 2.27. The summed E-state index contributed by atoms with van der Waals surface area (Å²) in [5, 5.41) is 3.52. The van der Waals surface area contributed by atoms with Gasteiger partial charge in [-0.05, 0) is 19.8 Å². The summed E-state index contributed by atoms with van der Waals surface area (Å²) in [6.07, 6.45) is 4.11. The third-order valence-electron chi connectivity index (χ3n) is 3.03. The topological polar surface area (TPSA) is 50.3 Å². The number of nitrogens with zero attached hydrogens (tertiary/aromatic N) is 3. The Balaban J connectivity index is 2.14. The van der Waals surface area contributed by atoms with E-state index in [1.807, 2.05) is 6.92 Å². The van der Waals surface area contributed by atoms with Gasteiger partial charge in [-0.1, -0.05) is 11.6 Å². The minimum atomic E-state index is 0.271. The molecule has 1 aromatic rings. The molecule has 6 heteroatoms. The van der Waals surface area contributed by atoms with Crippen LogP contribution in [-0.4, -0.2) is 42.8 Å². The van der Waals surface area contributed by atoms with Crippen molar-refractivity contribution in [3.05, 3.63) is 11.2 Å². The molecule has 1 fully saturated rings. The smallest absolute Gasteiger partial charge is 0.224 e. The lowest BCUT2D eigenvalue weighted by Gasteiger charge is -2.33. The van der Waals surface area contributed by atoms with E-state index >= 15 is 0 Å². The van der Waals surface area contributed by atoms with Crippen LogP contribution in [0, 0.1) is 0 Å². The molecule has 0 aromatic carbocycles. The van der Waals surface area contributed by atoms with Gasteiger partial charge in [-0.3, -0.25) is 0 Å². The Hall–Kier alpha value is -1.07. The van der Waals surface area contributed by atoms with Crippen LogP contribution in [-0.2, 0) is 4.74 Å². The second-order valence-corrected chi connectivity index (χ2v) is 4.69. The van der Waals surface area contributed by atoms with Gasteiger partial charge >= 0.3 is 0 Å². The fourth-order valence-electron chi connectivity index (χ4n) is 2.20. The number of rotatable bonds is 4. The molecule has 0 saturated carbocycles. The molecule has 2 rings (SSSR count). The number of ether oxygens (including phenoxy) is 1. The van der Waals surface area contributed by atoms with Crippen LogP contribution in [0.4, 0.5) is 11.8 Å². The van der Waals surface area contributed by atoms with Crippen molar-refractivity contribution in [2.45, 2.75) is 25.9 Å². The number of anilines is 2. The van der Waals surface area contributed by atoms with Gasteiger partial charge in [0, 0.05) is 26.7 Å². The van der Waals surface area contributed by atoms with Crippen LogP contribution in [0.1, 0.15) is 19.8 Å². The third kappa shape index (κ3) is 3.03. The van der Waals surface area contributed by atoms with Gasteiger partial charge in [-0.15, -0.1) is 0 Å². The summed E-state index contributed by atoms with van der Waals surface area (Å²) in [5.74, 6) is 1.38. The van der Waals surface area contributed by atoms with Crippen LogP contribution >= 0.6 is 11.6 Å². The molecular weight excluding hydrogens is 252 g/mol. The zero-order valence-corrected chi connectivity index (χ0v) is 11.6. The Morgan fingerprint density at radius 1 is 1.61 bits per heavy atom. The second-order valence-electron chi connectivity index (χ2n) is 4.28. The first-order chi connectivity index (χ1) is 8.74. The van der Waals surface area contributed by atoms with Crippen molar-refractivity contribution < 1.29 is 4.74 Å². The van der Waals surface area contributed by atoms with E-state index in [0.717, 1.165) is 38.4 Å². The molecule has 2 heterocycles. The molecule has 18 heavy (non-hydrogen) atoms. The molecule has 5 nitrogen and oxygen atoms in total. The monoisotopic (exact) mass is 270 g/mol. The van der Waals surface area contributed by atoms with E-state index < -0.39 is 0 Å². The van der Waals surface area contributed by atoms with Gasteiger partial charge in [-0.25, -0.2) is 4.98 Å². The molecule has 1 aromatic heterocycles. The lowest BCUT2D eigenvalue weighted by atomic mass is 10.1. The predicted molar refractivity (Wildman–Crippen MR) is 73.4 cm³/mol. The summed E-state index contributed by atoms with van der Waals surface area (Å²) in [7, 11) is 1.80. The second kappa shape index (κ2) is 6.20. The Morgan fingerprint density at radius 2 is 2.44 bits per heavy atom. The van der Waals surface area contributed by atoms with Gasteiger partial charge in [0.1, 0.15) is 5.02 Å². The molecule has 1 aliphatic rings. The molecule has 1 unspecified atom stereocenters. The van der Waals surface area contributed by atoms with E-state index in [4.69, 9.17) is 16.3 Å². The van der Waals surface area contributed by atoms with Crippen molar-refractivity contribution in [1.82, 2.24) is 9.97 Å². The molecule has 1 N–H and O–H groups in total. The van der Waals surface area contributed by atoms with Crippen molar-refractivity contribution in [3.8, 4) is 0 Å². The van der Waals surface area contributed by atoms with Crippen LogP contribution in [0.25, 0.3) is 0 Å². The van der Waals surface area contributed by atoms with Crippen molar-refractivity contribution in [2.75, 3.05) is 37.0 Å². The number of aromatic nitrogens is 2. The van der Waals surface area contributed by atoms with Crippen molar-refractivity contribution in [1.29, 1.82) is 0 Å². The van der Waals surface area contributed by atoms with Crippen LogP contribution < -0.4 is 10.2 Å². The van der Waals surface area contributed by atoms with Gasteiger partial charge in [0.25, 0.3) is 0 Å². The summed E-state index contributed by atoms with van der Waals surface area (Å²) in [6.45, 7) is 4.57. The first kappa shape index (κ1) is 13.4. The molecule has 0 bridgehead atoms. The first-order valence-corrected chi connectivity index (χ1v) is 6.69. The maximum Gasteiger partial charge on any atom is 0.224 e. The Morgan fingerprint density at radius 3 is 3.17 bits per heavy atom. The van der Waals surface area contributed by atoms with Gasteiger partial charge in [0.05, 0.1) is 12.3 Å². The van der Waals surface area contributed by atoms with Crippen molar-refractivity contribution >= 4 is 23.4 Å². The maximum absolute atomic E-state index is 6.18. The number of hydrogen-bond donors (Lipinski definition) is 1. The normalized spacial score (nSPS) is 19.9. The van der Waals surface area contributed by atoms with E-state index in [1.54, 1.807) is 13.2 Å². The zero-order chi connectivity index (χ0) is 13.0. The highest BCUT2D eigenvalue weighted by atomic mass is 35.5. The number of halogens is 1. The highest BCUT2D eigenvalue weighted by molar-refractivity contribution is 6.32. The number of piperidine rings is 1. The summed E-state index contributed by atoms with van der Waals surface area (Å²) >= 11 is 6.18. The van der Waals surface area contributed by atoms with E-state index in [-0.39, 0.29) is 6.10 Å². The van der Waals surface area contributed by atoms with Crippen molar-refractivity contribution in [2.24, 2.45) is 0 Å². The predicted octanol–water partition coefficient (Wildman–Crippen LogP) is 2.18. The molecule has 1 atom stereocenters. The van der Waals surface area contributed by atoms with Crippen LogP contribution in [0.15, 0.2) is 6.20 Å². The van der Waals surface area contributed by atoms with E-state index in [2.05, 4.69) is 20.2 Å². The van der Waals surface area contributed by atoms with Crippen LogP contribution in [0.2, 0.25) is 5.02 Å². The lowest BCUT2D eigenvalue weighted by molar-refractivity contribution is 0.0525. The van der Waals surface area contributed by atoms with Gasteiger partial charge in [-0.2, -0.15) is 4.98 Å². The quantitative estimate of drug-likeness (QED) is 0.909. The fourth-order valence-corrected chi connectivity index (χ4v) is 2.41. The van der Waals surface area contributed by atoms with Gasteiger partial charge in [0.15, 0.2) is 5.82 Å². The van der Waals surface area contributed by atoms with Gasteiger partial charge < -0.3 is 15.0 Å². The number of hydrogen-bond acceptors (Lipinski definition) is 5. The molecule has 0 aliphatic carbocycles. The van der Waals surface area contributed by atoms with E-state index in [1.165, 1.54) is 0 Å². The largest absolute Gasteiger partial charge is 0.377 e. The standard InChI is InChI=1S/C12H19ClN4O/c1-3-18-9-5-4-6-17(8-9)11-10(13)7-15-12(14-2)16-11/h7,9H,3-6,8H2,1-2H3,(H,14,15,16). The Bertz CT molecular complexity index is 400. The SMILES string of the molecule is CCOC1CCCN(c2nc(NC)ncc2Cl)C1. The molecule has 0 radical (unpaired) electrons. The average Bonchev–Trinajstić information content (AvgIpc) is 2.40. The van der Waals surface area contributed by atoms with Gasteiger partial charge in [0.2, 0.25) is 5.95 Å². The summed E-state index contributed by atoms with van der Waals surface area (Å²) in [5.41, 5.74) is 0. The Kier molecular flexibility index (Phi) is 4.60. The summed E-state index contributed by atoms with van der Waals surface area (Å²) < 4.78 is 5.69. The summed E-state index contributed by atoms with van der Waals surface area (Å²) in [6, 6.07) is 0. The highest BCUT2D eigenvalue weighted by Gasteiger charge is 2.23. The molecule has 1 aliphatic heterocycles. The minimum Gasteiger partial charge on any atom is -0.377 e. The van der Waals surface area contributed by atoms with Crippen LogP contribution in [0.3, 0.4) is 0 Å². The van der Waals surface area contributed by atoms with Crippen LogP contribution in [0.5, 0.6) is 0 Å². The van der Waals surface area contributed by atoms with Crippen molar-refractivity contribution in [3.63, 3.8) is 0 Å². The summed E-state index contributed by atoms with van der Waals surface area (Å²) in [4.78, 5) is 10.7. The first-order valence-electron chi connectivity index (χ1n) is 6.31. The average molecular weight is 271 g/mol. The molecule has 0 amide bonds. The molecular formula is C12H19ClN4O. The number of nitrogens with one attached hydrogen (secondary N) is 1. The zero-order valence-electron chi connectivity index (χ0n) is 10.8. The van der Waals surface area contributed by atoms with E-state index in [0.29, 0.717) is 11.0 Å². The molecule has 0 spiro atoms. The molecule has 100 valence electrons. The molecule has 1 saturated heterocycles. The fraction of sp³-hybridized carbons (Fsp3) is 0.667. The minimum absolute atomic E-state index is 0.271. The lowest BCUT2D eigenvalue weighted by Crippen LogP contribution is -2.40. The van der Waals surface area contributed by atoms with E-state index in [9.17, 15) is 0 Å². The third-order valence-corrected chi connectivity index (χ3v) is 3.30. The Labute approximate surface area is 113 Å².